The molecule has 1 aliphatic carbocycles. The van der Waals surface area contributed by atoms with E-state index in [-0.39, 0.29) is 30.3 Å². The number of nitrogens with one attached hydrogen (secondary N) is 2. The molecule has 2 aromatic rings. The molecule has 1 amide bonds. The molecule has 0 bridgehead atoms. The van der Waals surface area contributed by atoms with E-state index in [0.29, 0.717) is 18.8 Å². The van der Waals surface area contributed by atoms with E-state index in [0.717, 1.165) is 68.2 Å². The fraction of sp³-hybridized carbons (Fsp3) is 0.586. The van der Waals surface area contributed by atoms with E-state index in [1.54, 1.807) is 0 Å². The summed E-state index contributed by atoms with van der Waals surface area (Å²) in [6.45, 7) is 1.13. The molecule has 5 rings (SSSR count). The van der Waals surface area contributed by atoms with Crippen molar-refractivity contribution < 1.29 is 24.1 Å². The second-order valence-corrected chi connectivity index (χ2v) is 10.7. The number of amides is 1. The summed E-state index contributed by atoms with van der Waals surface area (Å²) in [7, 11) is 1.49. The van der Waals surface area contributed by atoms with Crippen LogP contribution in [0.2, 0.25) is 0 Å². The monoisotopic (exact) mass is 509 g/mol. The number of aliphatic hydroxyl groups excluding tert-OH is 1. The average Bonchev–Trinajstić information content (AvgIpc) is 3.39. The Morgan fingerprint density at radius 3 is 2.78 bits per heavy atom. The van der Waals surface area contributed by atoms with Crippen LogP contribution in [0.4, 0.5) is 0 Å². The Labute approximate surface area is 219 Å². The number of aliphatic hydroxyl groups is 1. The molecule has 1 saturated heterocycles. The molecule has 2 fully saturated rings. The minimum absolute atomic E-state index is 0.0164. The Kier molecular flexibility index (Phi) is 8.39. The standard InChI is InChI=1S/C29H39N3O5/c1-35-19-27(34)32-24(15-20-7-3-2-4-8-20)26(33)18-30-25-16-29(10-6-11-29)37-28-23(25)14-21(17-31-28)13-22-9-5-12-36-22/h2-4,7-8,14,17,22,24-26,30,33H,5-6,9-13,15-16,18-19H2,1H3,(H,32,34)/t22-,24-,25-,26+/m0/s1. The highest BCUT2D eigenvalue weighted by molar-refractivity contribution is 5.77. The number of ether oxygens (including phenoxy) is 3. The van der Waals surface area contributed by atoms with Gasteiger partial charge in [0, 0.05) is 50.9 Å². The number of hydrogen-bond donors (Lipinski definition) is 3. The lowest BCUT2D eigenvalue weighted by molar-refractivity contribution is -0.126. The van der Waals surface area contributed by atoms with Crippen molar-refractivity contribution in [1.82, 2.24) is 15.6 Å². The lowest BCUT2D eigenvalue weighted by Crippen LogP contribution is -2.52. The molecule has 200 valence electrons. The third kappa shape index (κ3) is 6.49. The first-order chi connectivity index (χ1) is 18.0. The smallest absolute Gasteiger partial charge is 0.246 e. The first kappa shape index (κ1) is 26.1. The van der Waals surface area contributed by atoms with Gasteiger partial charge in [-0.3, -0.25) is 4.79 Å². The molecule has 0 radical (unpaired) electrons. The summed E-state index contributed by atoms with van der Waals surface area (Å²) in [6.07, 6.45) is 9.02. The van der Waals surface area contributed by atoms with Crippen LogP contribution >= 0.6 is 0 Å². The number of hydrogen-bond acceptors (Lipinski definition) is 7. The van der Waals surface area contributed by atoms with E-state index in [2.05, 4.69) is 16.7 Å². The number of aromatic nitrogens is 1. The van der Waals surface area contributed by atoms with Crippen molar-refractivity contribution in [2.45, 2.75) is 81.3 Å². The molecule has 1 aromatic carbocycles. The summed E-state index contributed by atoms with van der Waals surface area (Å²) in [5, 5.41) is 17.8. The molecule has 1 saturated carbocycles. The summed E-state index contributed by atoms with van der Waals surface area (Å²) in [6, 6.07) is 11.7. The zero-order chi connectivity index (χ0) is 25.7. The number of rotatable bonds is 11. The highest BCUT2D eigenvalue weighted by atomic mass is 16.5. The molecule has 1 aromatic heterocycles. The quantitative estimate of drug-likeness (QED) is 0.428. The second-order valence-electron chi connectivity index (χ2n) is 10.7. The number of carbonyl (C=O) groups is 1. The summed E-state index contributed by atoms with van der Waals surface area (Å²) in [4.78, 5) is 17.0. The summed E-state index contributed by atoms with van der Waals surface area (Å²) in [5.74, 6) is 0.457. The molecular formula is C29H39N3O5. The molecule has 37 heavy (non-hydrogen) atoms. The van der Waals surface area contributed by atoms with Gasteiger partial charge in [-0.1, -0.05) is 30.3 Å². The average molecular weight is 510 g/mol. The third-order valence-electron chi connectivity index (χ3n) is 7.91. The molecule has 8 nitrogen and oxygen atoms in total. The lowest BCUT2D eigenvalue weighted by atomic mass is 9.73. The van der Waals surface area contributed by atoms with E-state index >= 15 is 0 Å². The van der Waals surface area contributed by atoms with Crippen LogP contribution in [0.25, 0.3) is 0 Å². The Hall–Kier alpha value is -2.52. The molecule has 3 N–H and O–H groups in total. The Balaban J connectivity index is 1.29. The van der Waals surface area contributed by atoms with Crippen LogP contribution in [0.3, 0.4) is 0 Å². The van der Waals surface area contributed by atoms with Crippen LogP contribution in [0.15, 0.2) is 42.6 Å². The zero-order valence-corrected chi connectivity index (χ0v) is 21.7. The molecule has 2 aliphatic heterocycles. The first-order valence-electron chi connectivity index (χ1n) is 13.6. The highest BCUT2D eigenvalue weighted by Gasteiger charge is 2.46. The maximum Gasteiger partial charge on any atom is 0.246 e. The van der Waals surface area contributed by atoms with Crippen molar-refractivity contribution in [2.75, 3.05) is 26.9 Å². The van der Waals surface area contributed by atoms with E-state index in [4.69, 9.17) is 19.2 Å². The van der Waals surface area contributed by atoms with Gasteiger partial charge in [0.2, 0.25) is 11.8 Å². The topological polar surface area (TPSA) is 102 Å². The molecule has 1 spiro atoms. The van der Waals surface area contributed by atoms with E-state index in [9.17, 15) is 9.90 Å². The highest BCUT2D eigenvalue weighted by Crippen LogP contribution is 2.48. The van der Waals surface area contributed by atoms with Gasteiger partial charge in [0.15, 0.2) is 0 Å². The van der Waals surface area contributed by atoms with Gasteiger partial charge in [-0.15, -0.1) is 0 Å². The van der Waals surface area contributed by atoms with Crippen LogP contribution in [-0.2, 0) is 27.1 Å². The molecule has 0 unspecified atom stereocenters. The maximum absolute atomic E-state index is 12.3. The number of fused-ring (bicyclic) bond motifs is 1. The van der Waals surface area contributed by atoms with E-state index < -0.39 is 12.1 Å². The first-order valence-corrected chi connectivity index (χ1v) is 13.6. The Morgan fingerprint density at radius 2 is 2.08 bits per heavy atom. The van der Waals surface area contributed by atoms with Gasteiger partial charge >= 0.3 is 0 Å². The summed E-state index contributed by atoms with van der Waals surface area (Å²) >= 11 is 0. The SMILES string of the molecule is COCC(=O)N[C@@H](Cc1ccccc1)[C@H](O)CN[C@H]1CC2(CCC2)Oc2ncc(C[C@@H]3CCCO3)cc21. The molecule has 3 aliphatic rings. The number of nitrogens with zero attached hydrogens (tertiary/aromatic N) is 1. The van der Waals surface area contributed by atoms with Crippen LogP contribution in [0.1, 0.15) is 61.3 Å². The minimum Gasteiger partial charge on any atom is -0.471 e. The Morgan fingerprint density at radius 1 is 1.24 bits per heavy atom. The van der Waals surface area contributed by atoms with Crippen LogP contribution in [0.5, 0.6) is 5.88 Å². The summed E-state index contributed by atoms with van der Waals surface area (Å²) in [5.41, 5.74) is 3.08. The van der Waals surface area contributed by atoms with Gasteiger partial charge in [-0.2, -0.15) is 0 Å². The van der Waals surface area contributed by atoms with E-state index in [1.807, 2.05) is 36.5 Å². The fourth-order valence-electron chi connectivity index (χ4n) is 5.75. The van der Waals surface area contributed by atoms with Crippen LogP contribution < -0.4 is 15.4 Å². The fourth-order valence-corrected chi connectivity index (χ4v) is 5.75. The molecule has 8 heteroatoms. The Bertz CT molecular complexity index is 1040. The third-order valence-corrected chi connectivity index (χ3v) is 7.91. The minimum atomic E-state index is -0.785. The van der Waals surface area contributed by atoms with Crippen molar-refractivity contribution in [3.05, 3.63) is 59.3 Å². The van der Waals surface area contributed by atoms with Gasteiger partial charge in [-0.05, 0) is 55.7 Å². The van der Waals surface area contributed by atoms with E-state index in [1.165, 1.54) is 7.11 Å². The predicted octanol–water partition coefficient (Wildman–Crippen LogP) is 2.87. The lowest BCUT2D eigenvalue weighted by Gasteiger charge is -2.47. The largest absolute Gasteiger partial charge is 0.471 e. The van der Waals surface area contributed by atoms with Crippen LogP contribution in [0, 0.1) is 0 Å². The number of pyridine rings is 1. The van der Waals surface area contributed by atoms with Crippen molar-refractivity contribution in [1.29, 1.82) is 0 Å². The number of carbonyl (C=O) groups excluding carboxylic acids is 1. The second kappa shape index (κ2) is 11.9. The zero-order valence-electron chi connectivity index (χ0n) is 21.7. The van der Waals surface area contributed by atoms with Crippen molar-refractivity contribution in [3.63, 3.8) is 0 Å². The number of methoxy groups -OCH3 is 1. The van der Waals surface area contributed by atoms with Crippen molar-refractivity contribution >= 4 is 5.91 Å². The van der Waals surface area contributed by atoms with Crippen molar-refractivity contribution in [2.24, 2.45) is 0 Å². The van der Waals surface area contributed by atoms with Gasteiger partial charge in [-0.25, -0.2) is 4.98 Å². The molecule has 3 heterocycles. The maximum atomic E-state index is 12.3. The van der Waals surface area contributed by atoms with Gasteiger partial charge in [0.25, 0.3) is 0 Å². The van der Waals surface area contributed by atoms with Gasteiger partial charge in [0.05, 0.1) is 18.2 Å². The number of benzene rings is 1. The van der Waals surface area contributed by atoms with Gasteiger partial charge in [0.1, 0.15) is 12.2 Å². The summed E-state index contributed by atoms with van der Waals surface area (Å²) < 4.78 is 17.2. The molecule has 4 atom stereocenters. The van der Waals surface area contributed by atoms with Crippen molar-refractivity contribution in [3.8, 4) is 5.88 Å². The van der Waals surface area contributed by atoms with Crippen LogP contribution in [-0.4, -0.2) is 66.7 Å². The normalized spacial score (nSPS) is 23.5. The van der Waals surface area contributed by atoms with Gasteiger partial charge < -0.3 is 30.0 Å². The predicted molar refractivity (Wildman–Crippen MR) is 139 cm³/mol. The molecular weight excluding hydrogens is 470 g/mol.